The van der Waals surface area contributed by atoms with Crippen molar-refractivity contribution in [3.63, 3.8) is 0 Å². The highest BCUT2D eigenvalue weighted by Gasteiger charge is 2.46. The minimum atomic E-state index is -0.641. The fourth-order valence-electron chi connectivity index (χ4n) is 4.19. The van der Waals surface area contributed by atoms with Crippen LogP contribution < -0.4 is 24.0 Å². The van der Waals surface area contributed by atoms with E-state index in [0.29, 0.717) is 23.9 Å². The highest BCUT2D eigenvalue weighted by molar-refractivity contribution is 5.95. The van der Waals surface area contributed by atoms with Gasteiger partial charge >= 0.3 is 6.09 Å². The summed E-state index contributed by atoms with van der Waals surface area (Å²) in [5.41, 5.74) is 2.79. The first-order valence-electron chi connectivity index (χ1n) is 10.9. The SMILES string of the molecule is CC(C)(C)OC(=O)N1C(=O)[C@H](C[N+](C)(C)C)CC1Cc1ccc(-c2ccccc2)cc1.[I-]. The summed E-state index contributed by atoms with van der Waals surface area (Å²) in [6.07, 6.45) is 0.758. The second-order valence-electron chi connectivity index (χ2n) is 10.5. The van der Waals surface area contributed by atoms with Crippen LogP contribution in [-0.4, -0.2) is 60.7 Å². The third-order valence-corrected chi connectivity index (χ3v) is 5.40. The molecule has 1 fully saturated rings. The van der Waals surface area contributed by atoms with E-state index in [-0.39, 0.29) is 41.8 Å². The number of imide groups is 1. The molecular formula is C26H35IN2O3. The van der Waals surface area contributed by atoms with E-state index >= 15 is 0 Å². The van der Waals surface area contributed by atoms with Crippen LogP contribution in [0.1, 0.15) is 32.8 Å². The van der Waals surface area contributed by atoms with Crippen LogP contribution in [0.4, 0.5) is 4.79 Å². The Morgan fingerprint density at radius 1 is 1.00 bits per heavy atom. The number of carbonyl (C=O) groups excluding carboxylic acids is 2. The second kappa shape index (κ2) is 10.3. The summed E-state index contributed by atoms with van der Waals surface area (Å²) in [4.78, 5) is 27.4. The number of benzene rings is 2. The van der Waals surface area contributed by atoms with Crippen LogP contribution in [0.2, 0.25) is 0 Å². The number of rotatable bonds is 5. The van der Waals surface area contributed by atoms with Crippen molar-refractivity contribution >= 4 is 12.0 Å². The Hall–Kier alpha value is -1.93. The molecule has 0 N–H and O–H groups in total. The number of nitrogens with zero attached hydrogens (tertiary/aromatic N) is 2. The fourth-order valence-corrected chi connectivity index (χ4v) is 4.19. The van der Waals surface area contributed by atoms with Crippen LogP contribution in [0.25, 0.3) is 11.1 Å². The summed E-state index contributed by atoms with van der Waals surface area (Å²) in [6, 6.07) is 18.4. The molecule has 6 heteroatoms. The zero-order chi connectivity index (χ0) is 22.8. The molecule has 1 unspecified atom stereocenters. The molecule has 0 radical (unpaired) electrons. The van der Waals surface area contributed by atoms with E-state index in [9.17, 15) is 9.59 Å². The highest BCUT2D eigenvalue weighted by Crippen LogP contribution is 2.31. The minimum absolute atomic E-state index is 0. The smallest absolute Gasteiger partial charge is 0.417 e. The molecule has 3 rings (SSSR count). The molecule has 2 amide bonds. The Labute approximate surface area is 209 Å². The Balaban J connectivity index is 0.00000363. The van der Waals surface area contributed by atoms with Crippen molar-refractivity contribution in [3.05, 3.63) is 60.2 Å². The molecule has 0 bridgehead atoms. The molecule has 0 saturated carbocycles. The van der Waals surface area contributed by atoms with Gasteiger partial charge in [0.15, 0.2) is 0 Å². The van der Waals surface area contributed by atoms with Gasteiger partial charge in [-0.25, -0.2) is 9.69 Å². The van der Waals surface area contributed by atoms with Crippen LogP contribution in [0.3, 0.4) is 0 Å². The first-order valence-corrected chi connectivity index (χ1v) is 10.9. The topological polar surface area (TPSA) is 46.6 Å². The summed E-state index contributed by atoms with van der Waals surface area (Å²) in [7, 11) is 6.21. The van der Waals surface area contributed by atoms with Crippen molar-refractivity contribution in [3.8, 4) is 11.1 Å². The van der Waals surface area contributed by atoms with E-state index in [1.807, 2.05) is 39.0 Å². The number of quaternary nitrogens is 1. The van der Waals surface area contributed by atoms with E-state index in [2.05, 4.69) is 57.5 Å². The molecular weight excluding hydrogens is 515 g/mol. The molecule has 0 spiro atoms. The fraction of sp³-hybridized carbons (Fsp3) is 0.462. The molecule has 2 aromatic carbocycles. The maximum Gasteiger partial charge on any atom is 0.417 e. The lowest BCUT2D eigenvalue weighted by Crippen LogP contribution is -3.00. The van der Waals surface area contributed by atoms with Crippen molar-refractivity contribution in [2.24, 2.45) is 5.92 Å². The van der Waals surface area contributed by atoms with Crippen molar-refractivity contribution in [2.75, 3.05) is 27.7 Å². The maximum absolute atomic E-state index is 13.2. The van der Waals surface area contributed by atoms with Gasteiger partial charge in [-0.3, -0.25) is 4.79 Å². The lowest BCUT2D eigenvalue weighted by Gasteiger charge is -2.28. The van der Waals surface area contributed by atoms with Gasteiger partial charge in [0.25, 0.3) is 0 Å². The van der Waals surface area contributed by atoms with Crippen molar-refractivity contribution < 1.29 is 42.8 Å². The van der Waals surface area contributed by atoms with Crippen molar-refractivity contribution in [1.29, 1.82) is 0 Å². The van der Waals surface area contributed by atoms with Gasteiger partial charge in [-0.05, 0) is 50.3 Å². The standard InChI is InChI=1S/C26H35N2O3.HI/c1-26(2,3)31-25(30)27-23(17-22(24(27)29)18-28(4,5)6)16-19-12-14-21(15-13-19)20-10-8-7-9-11-20;/h7-15,22-23H,16-18H2,1-6H3;1H/q+1;/p-1/t22-,23?;/m0./s1. The quantitative estimate of drug-likeness (QED) is 0.421. The molecule has 1 saturated heterocycles. The number of hydrogen-bond acceptors (Lipinski definition) is 3. The Kier molecular flexibility index (Phi) is 8.50. The predicted octanol–water partition coefficient (Wildman–Crippen LogP) is 1.76. The zero-order valence-corrected chi connectivity index (χ0v) is 22.1. The highest BCUT2D eigenvalue weighted by atomic mass is 127. The number of carbonyl (C=O) groups is 2. The molecule has 174 valence electrons. The minimum Gasteiger partial charge on any atom is -1.00 e. The van der Waals surface area contributed by atoms with Crippen LogP contribution >= 0.6 is 0 Å². The van der Waals surface area contributed by atoms with Gasteiger partial charge in [-0.15, -0.1) is 0 Å². The van der Waals surface area contributed by atoms with E-state index in [1.165, 1.54) is 10.5 Å². The molecule has 1 heterocycles. The van der Waals surface area contributed by atoms with Crippen LogP contribution in [0.5, 0.6) is 0 Å². The lowest BCUT2D eigenvalue weighted by molar-refractivity contribution is -0.872. The summed E-state index contributed by atoms with van der Waals surface area (Å²) in [5.74, 6) is -0.297. The maximum atomic E-state index is 13.2. The van der Waals surface area contributed by atoms with Gasteiger partial charge in [0.05, 0.1) is 33.6 Å². The summed E-state index contributed by atoms with van der Waals surface area (Å²) >= 11 is 0. The Morgan fingerprint density at radius 2 is 1.56 bits per heavy atom. The van der Waals surface area contributed by atoms with Crippen LogP contribution in [-0.2, 0) is 16.0 Å². The van der Waals surface area contributed by atoms with Crippen molar-refractivity contribution in [2.45, 2.75) is 45.3 Å². The van der Waals surface area contributed by atoms with Gasteiger partial charge < -0.3 is 33.2 Å². The Morgan fingerprint density at radius 3 is 2.09 bits per heavy atom. The van der Waals surface area contributed by atoms with Gasteiger partial charge in [0.2, 0.25) is 5.91 Å². The third-order valence-electron chi connectivity index (χ3n) is 5.40. The zero-order valence-electron chi connectivity index (χ0n) is 20.0. The predicted molar refractivity (Wildman–Crippen MR) is 123 cm³/mol. The Bertz CT molecular complexity index is 915. The number of halogens is 1. The van der Waals surface area contributed by atoms with Gasteiger partial charge in [0.1, 0.15) is 5.60 Å². The molecule has 0 aliphatic carbocycles. The van der Waals surface area contributed by atoms with E-state index < -0.39 is 11.7 Å². The van der Waals surface area contributed by atoms with E-state index in [0.717, 1.165) is 11.1 Å². The summed E-state index contributed by atoms with van der Waals surface area (Å²) in [5, 5.41) is 0. The first kappa shape index (κ1) is 26.3. The molecule has 1 aliphatic heterocycles. The van der Waals surface area contributed by atoms with Gasteiger partial charge in [-0.2, -0.15) is 0 Å². The molecule has 1 aliphatic rings. The van der Waals surface area contributed by atoms with Gasteiger partial charge in [-0.1, -0.05) is 54.6 Å². The number of likely N-dealkylation sites (tertiary alicyclic amines) is 1. The largest absolute Gasteiger partial charge is 1.00 e. The normalized spacial score (nSPS) is 18.9. The average molecular weight is 550 g/mol. The van der Waals surface area contributed by atoms with Crippen LogP contribution in [0, 0.1) is 5.92 Å². The van der Waals surface area contributed by atoms with E-state index in [4.69, 9.17) is 4.74 Å². The summed E-state index contributed by atoms with van der Waals surface area (Å²) in [6.45, 7) is 6.17. The first-order chi connectivity index (χ1) is 14.4. The second-order valence-corrected chi connectivity index (χ2v) is 10.5. The lowest BCUT2D eigenvalue weighted by atomic mass is 9.97. The molecule has 2 atom stereocenters. The molecule has 32 heavy (non-hydrogen) atoms. The van der Waals surface area contributed by atoms with Gasteiger partial charge in [0, 0.05) is 6.04 Å². The number of ether oxygens (including phenoxy) is 1. The van der Waals surface area contributed by atoms with Crippen molar-refractivity contribution in [1.82, 2.24) is 4.90 Å². The third kappa shape index (κ3) is 7.04. The van der Waals surface area contributed by atoms with E-state index in [1.54, 1.807) is 0 Å². The molecule has 2 aromatic rings. The summed E-state index contributed by atoms with van der Waals surface area (Å²) < 4.78 is 6.25. The molecule has 0 aromatic heterocycles. The average Bonchev–Trinajstić information content (AvgIpc) is 2.95. The number of hydrogen-bond donors (Lipinski definition) is 0. The monoisotopic (exact) mass is 550 g/mol. The number of amides is 2. The van der Waals surface area contributed by atoms with Crippen LogP contribution in [0.15, 0.2) is 54.6 Å². The molecule has 5 nitrogen and oxygen atoms in total.